The monoisotopic (exact) mass is 374 g/mol. The molecule has 0 aromatic heterocycles. The van der Waals surface area contributed by atoms with Gasteiger partial charge in [-0.2, -0.15) is 0 Å². The molecule has 7 nitrogen and oxygen atoms in total. The summed E-state index contributed by atoms with van der Waals surface area (Å²) in [6.07, 6.45) is 2.43. The zero-order valence-electron chi connectivity index (χ0n) is 13.7. The summed E-state index contributed by atoms with van der Waals surface area (Å²) in [4.78, 5) is 11.3. The fraction of sp³-hybridized carbons (Fsp3) is 0.533. The van der Waals surface area contributed by atoms with Crippen LogP contribution in [-0.2, 0) is 20.0 Å². The highest BCUT2D eigenvalue weighted by atomic mass is 32.2. The Kier molecular flexibility index (Phi) is 5.79. The van der Waals surface area contributed by atoms with Crippen molar-refractivity contribution in [2.75, 3.05) is 25.9 Å². The van der Waals surface area contributed by atoms with Gasteiger partial charge in [0.15, 0.2) is 5.78 Å². The van der Waals surface area contributed by atoms with Crippen molar-refractivity contribution in [3.63, 3.8) is 0 Å². The van der Waals surface area contributed by atoms with Crippen LogP contribution in [-0.4, -0.2) is 52.8 Å². The van der Waals surface area contributed by atoms with E-state index in [-0.39, 0.29) is 23.1 Å². The Hall–Kier alpha value is -1.29. The molecule has 1 saturated heterocycles. The molecule has 1 aliphatic heterocycles. The predicted molar refractivity (Wildman–Crippen MR) is 90.8 cm³/mol. The summed E-state index contributed by atoms with van der Waals surface area (Å²) in [5.41, 5.74) is 0.460. The third kappa shape index (κ3) is 4.85. The van der Waals surface area contributed by atoms with E-state index in [1.54, 1.807) is 0 Å². The van der Waals surface area contributed by atoms with E-state index in [0.29, 0.717) is 31.5 Å². The van der Waals surface area contributed by atoms with Crippen LogP contribution in [0.3, 0.4) is 0 Å². The molecular weight excluding hydrogens is 352 g/mol. The van der Waals surface area contributed by atoms with Crippen LogP contribution in [0, 0.1) is 5.92 Å². The third-order valence-corrected chi connectivity index (χ3v) is 6.92. The number of nitrogens with one attached hydrogen (secondary N) is 1. The number of carbonyl (C=O) groups excluding carboxylic acids is 1. The van der Waals surface area contributed by atoms with E-state index in [9.17, 15) is 21.6 Å². The molecule has 134 valence electrons. The van der Waals surface area contributed by atoms with Gasteiger partial charge in [-0.1, -0.05) is 12.1 Å². The number of rotatable bonds is 6. The molecule has 1 aromatic carbocycles. The average Bonchev–Trinajstić information content (AvgIpc) is 2.52. The van der Waals surface area contributed by atoms with Gasteiger partial charge in [-0.3, -0.25) is 4.79 Å². The number of hydrogen-bond donors (Lipinski definition) is 1. The molecule has 1 fully saturated rings. The summed E-state index contributed by atoms with van der Waals surface area (Å²) in [5, 5.41) is 0. The number of hydrogen-bond acceptors (Lipinski definition) is 5. The molecule has 1 heterocycles. The number of sulfonamides is 2. The Balaban J connectivity index is 1.93. The summed E-state index contributed by atoms with van der Waals surface area (Å²) in [6.45, 7) is 2.52. The molecule has 9 heteroatoms. The fourth-order valence-electron chi connectivity index (χ4n) is 2.62. The minimum absolute atomic E-state index is 0.106. The average molecular weight is 374 g/mol. The van der Waals surface area contributed by atoms with E-state index < -0.39 is 20.0 Å². The molecule has 1 aliphatic rings. The van der Waals surface area contributed by atoms with E-state index in [1.807, 2.05) is 0 Å². The first-order valence-electron chi connectivity index (χ1n) is 7.65. The quantitative estimate of drug-likeness (QED) is 0.744. The Labute approximate surface area is 143 Å². The lowest BCUT2D eigenvalue weighted by atomic mass is 9.99. The molecule has 24 heavy (non-hydrogen) atoms. The normalized spacial score (nSPS) is 17.8. The maximum atomic E-state index is 12.3. The Bertz CT molecular complexity index is 793. The second kappa shape index (κ2) is 7.30. The molecule has 2 rings (SSSR count). The smallest absolute Gasteiger partial charge is 0.240 e. The van der Waals surface area contributed by atoms with Gasteiger partial charge in [0, 0.05) is 25.2 Å². The lowest BCUT2D eigenvalue weighted by Crippen LogP contribution is -2.41. The van der Waals surface area contributed by atoms with Crippen molar-refractivity contribution >= 4 is 25.8 Å². The highest BCUT2D eigenvalue weighted by Gasteiger charge is 2.26. The topological polar surface area (TPSA) is 101 Å². The van der Waals surface area contributed by atoms with E-state index in [1.165, 1.54) is 41.8 Å². The highest BCUT2D eigenvalue weighted by Crippen LogP contribution is 2.19. The minimum Gasteiger partial charge on any atom is -0.295 e. The molecule has 0 atom stereocenters. The zero-order chi connectivity index (χ0) is 18.0. The van der Waals surface area contributed by atoms with Gasteiger partial charge in [-0.15, -0.1) is 0 Å². The third-order valence-electron chi connectivity index (χ3n) is 4.18. The maximum Gasteiger partial charge on any atom is 0.240 e. The zero-order valence-corrected chi connectivity index (χ0v) is 15.4. The molecule has 0 amide bonds. The summed E-state index contributed by atoms with van der Waals surface area (Å²) in [7, 11) is -6.82. The van der Waals surface area contributed by atoms with Gasteiger partial charge >= 0.3 is 0 Å². The number of piperidine rings is 1. The fourth-order valence-corrected chi connectivity index (χ4v) is 4.62. The van der Waals surface area contributed by atoms with Crippen LogP contribution >= 0.6 is 0 Å². The standard InChI is InChI=1S/C15H22N2O5S2/c1-12(18)14-3-5-15(6-4-14)24(21,22)16-11-13-7-9-17(10-8-13)23(2,19)20/h3-6,13,16H,7-11H2,1-2H3. The number of carbonyl (C=O) groups is 1. The molecule has 0 bridgehead atoms. The minimum atomic E-state index is -3.64. The number of benzene rings is 1. The van der Waals surface area contributed by atoms with Crippen molar-refractivity contribution in [3.05, 3.63) is 29.8 Å². The number of ketones is 1. The largest absolute Gasteiger partial charge is 0.295 e. The van der Waals surface area contributed by atoms with Crippen molar-refractivity contribution in [3.8, 4) is 0 Å². The van der Waals surface area contributed by atoms with Gasteiger partial charge < -0.3 is 0 Å². The van der Waals surface area contributed by atoms with Gasteiger partial charge in [0.2, 0.25) is 20.0 Å². The first kappa shape index (κ1) is 19.0. The van der Waals surface area contributed by atoms with Gasteiger partial charge in [0.1, 0.15) is 0 Å². The van der Waals surface area contributed by atoms with E-state index >= 15 is 0 Å². The SMILES string of the molecule is CC(=O)c1ccc(S(=O)(=O)NCC2CCN(S(C)(=O)=O)CC2)cc1. The molecule has 0 radical (unpaired) electrons. The van der Waals surface area contributed by atoms with Gasteiger partial charge in [-0.05, 0) is 37.8 Å². The van der Waals surface area contributed by atoms with E-state index in [4.69, 9.17) is 0 Å². The predicted octanol–water partition coefficient (Wildman–Crippen LogP) is 0.839. The number of Topliss-reactive ketones (excluding diaryl/α,β-unsaturated/α-hetero) is 1. The van der Waals surface area contributed by atoms with Crippen LogP contribution in [0.5, 0.6) is 0 Å². The summed E-state index contributed by atoms with van der Waals surface area (Å²) in [6, 6.07) is 5.79. The first-order chi connectivity index (χ1) is 11.1. The molecule has 0 spiro atoms. The second-order valence-corrected chi connectivity index (χ2v) is 9.79. The van der Waals surface area contributed by atoms with Gasteiger partial charge in [-0.25, -0.2) is 25.9 Å². The summed E-state index contributed by atoms with van der Waals surface area (Å²) in [5.74, 6) is -0.0150. The highest BCUT2D eigenvalue weighted by molar-refractivity contribution is 7.89. The van der Waals surface area contributed by atoms with Crippen molar-refractivity contribution in [2.45, 2.75) is 24.7 Å². The van der Waals surface area contributed by atoms with Crippen molar-refractivity contribution in [1.29, 1.82) is 0 Å². The van der Waals surface area contributed by atoms with Crippen LogP contribution < -0.4 is 4.72 Å². The Morgan fingerprint density at radius 3 is 2.12 bits per heavy atom. The molecule has 1 N–H and O–H groups in total. The Morgan fingerprint density at radius 1 is 1.12 bits per heavy atom. The molecule has 1 aromatic rings. The van der Waals surface area contributed by atoms with E-state index in [2.05, 4.69) is 4.72 Å². The van der Waals surface area contributed by atoms with Gasteiger partial charge in [0.05, 0.1) is 11.2 Å². The van der Waals surface area contributed by atoms with E-state index in [0.717, 1.165) is 0 Å². The first-order valence-corrected chi connectivity index (χ1v) is 11.0. The van der Waals surface area contributed by atoms with Crippen LogP contribution in [0.15, 0.2) is 29.2 Å². The summed E-state index contributed by atoms with van der Waals surface area (Å²) < 4.78 is 51.5. The van der Waals surface area contributed by atoms with Crippen molar-refractivity contribution in [1.82, 2.24) is 9.03 Å². The van der Waals surface area contributed by atoms with Gasteiger partial charge in [0.25, 0.3) is 0 Å². The van der Waals surface area contributed by atoms with Crippen molar-refractivity contribution < 1.29 is 21.6 Å². The molecule has 0 saturated carbocycles. The Morgan fingerprint density at radius 2 is 1.67 bits per heavy atom. The van der Waals surface area contributed by atoms with Crippen molar-refractivity contribution in [2.24, 2.45) is 5.92 Å². The summed E-state index contributed by atoms with van der Waals surface area (Å²) >= 11 is 0. The van der Waals surface area contributed by atoms with Crippen LogP contribution in [0.4, 0.5) is 0 Å². The molecule has 0 unspecified atom stereocenters. The lowest BCUT2D eigenvalue weighted by molar-refractivity contribution is 0.101. The number of nitrogens with zero attached hydrogens (tertiary/aromatic N) is 1. The lowest BCUT2D eigenvalue weighted by Gasteiger charge is -2.30. The van der Waals surface area contributed by atoms with Crippen LogP contribution in [0.1, 0.15) is 30.1 Å². The second-order valence-electron chi connectivity index (χ2n) is 6.04. The maximum absolute atomic E-state index is 12.3. The van der Waals surface area contributed by atoms with Crippen LogP contribution in [0.25, 0.3) is 0 Å². The molecular formula is C15H22N2O5S2. The molecule has 0 aliphatic carbocycles. The van der Waals surface area contributed by atoms with Crippen LogP contribution in [0.2, 0.25) is 0 Å².